The number of rotatable bonds is 10. The largest absolute Gasteiger partial charge is 0.386 e. The van der Waals surface area contributed by atoms with Gasteiger partial charge < -0.3 is 9.59 Å². The van der Waals surface area contributed by atoms with E-state index in [1.54, 1.807) is 11.8 Å². The minimum atomic E-state index is -3.87. The predicted octanol–water partition coefficient (Wildman–Crippen LogP) is 0.845. The molecular weight excluding hydrogens is 274 g/mol. The number of hydrogen-bond donors (Lipinski definition) is 2. The number of quaternary nitrogens is 1. The van der Waals surface area contributed by atoms with Gasteiger partial charge in [0.25, 0.3) is 10.1 Å². The standard InChI is InChI=1S/C11H25NO4S2/c1-4-7-17-10-11(13)9-12(2,3)6-5-8-18(14,15)16/h11,13H,4-10H2,1-3H3/p+1. The van der Waals surface area contributed by atoms with Gasteiger partial charge in [-0.3, -0.25) is 4.55 Å². The third-order valence-electron chi connectivity index (χ3n) is 2.53. The van der Waals surface area contributed by atoms with Crippen LogP contribution in [-0.4, -0.2) is 73.1 Å². The Kier molecular flexibility index (Phi) is 8.45. The summed E-state index contributed by atoms with van der Waals surface area (Å²) < 4.78 is 30.4. The normalized spacial score (nSPS) is 14.7. The van der Waals surface area contributed by atoms with Gasteiger partial charge in [-0.1, -0.05) is 6.92 Å². The van der Waals surface area contributed by atoms with Crippen molar-refractivity contribution in [2.75, 3.05) is 44.4 Å². The summed E-state index contributed by atoms with van der Waals surface area (Å²) in [5, 5.41) is 9.87. The van der Waals surface area contributed by atoms with Crippen molar-refractivity contribution in [3.05, 3.63) is 0 Å². The molecule has 0 radical (unpaired) electrons. The first-order chi connectivity index (χ1) is 8.16. The maximum Gasteiger partial charge on any atom is 0.265 e. The van der Waals surface area contributed by atoms with E-state index in [-0.39, 0.29) is 11.9 Å². The van der Waals surface area contributed by atoms with Crippen molar-refractivity contribution >= 4 is 21.9 Å². The minimum Gasteiger partial charge on any atom is -0.386 e. The highest BCUT2D eigenvalue weighted by Gasteiger charge is 2.21. The van der Waals surface area contributed by atoms with Crippen molar-refractivity contribution in [1.82, 2.24) is 0 Å². The summed E-state index contributed by atoms with van der Waals surface area (Å²) in [6.07, 6.45) is 1.13. The van der Waals surface area contributed by atoms with Crippen LogP contribution in [0.3, 0.4) is 0 Å². The van der Waals surface area contributed by atoms with Gasteiger partial charge >= 0.3 is 0 Å². The predicted molar refractivity (Wildman–Crippen MR) is 76.5 cm³/mol. The number of hydrogen-bond acceptors (Lipinski definition) is 4. The first-order valence-electron chi connectivity index (χ1n) is 6.19. The SMILES string of the molecule is CCCSCC(O)C[N+](C)(C)CCCS(=O)(=O)O. The van der Waals surface area contributed by atoms with E-state index in [1.165, 1.54) is 0 Å². The average molecular weight is 300 g/mol. The Labute approximate surface area is 115 Å². The van der Waals surface area contributed by atoms with Crippen LogP contribution >= 0.6 is 11.8 Å². The first kappa shape index (κ1) is 18.2. The van der Waals surface area contributed by atoms with Crippen LogP contribution in [0, 0.1) is 0 Å². The Morgan fingerprint density at radius 2 is 1.94 bits per heavy atom. The topological polar surface area (TPSA) is 74.6 Å². The van der Waals surface area contributed by atoms with E-state index < -0.39 is 10.1 Å². The third kappa shape index (κ3) is 11.3. The Balaban J connectivity index is 3.91. The van der Waals surface area contributed by atoms with Crippen molar-refractivity contribution in [2.24, 2.45) is 0 Å². The van der Waals surface area contributed by atoms with Gasteiger partial charge in [0.15, 0.2) is 0 Å². The van der Waals surface area contributed by atoms with Crippen molar-refractivity contribution in [2.45, 2.75) is 25.9 Å². The van der Waals surface area contributed by atoms with Gasteiger partial charge in [-0.25, -0.2) is 0 Å². The molecule has 0 heterocycles. The number of nitrogens with zero attached hydrogens (tertiary/aromatic N) is 1. The molecule has 0 aromatic heterocycles. The molecule has 5 nitrogen and oxygen atoms in total. The molecule has 0 saturated heterocycles. The van der Waals surface area contributed by atoms with Crippen molar-refractivity contribution in [1.29, 1.82) is 0 Å². The lowest BCUT2D eigenvalue weighted by atomic mass is 10.3. The van der Waals surface area contributed by atoms with Crippen LogP contribution in [0.25, 0.3) is 0 Å². The highest BCUT2D eigenvalue weighted by atomic mass is 32.2. The Bertz CT molecular complexity index is 317. The molecule has 0 saturated carbocycles. The first-order valence-corrected chi connectivity index (χ1v) is 8.95. The molecule has 0 aliphatic heterocycles. The molecule has 0 aliphatic carbocycles. The summed E-state index contributed by atoms with van der Waals surface area (Å²) in [6, 6.07) is 0. The van der Waals surface area contributed by atoms with Crippen molar-refractivity contribution < 1.29 is 22.6 Å². The molecule has 1 unspecified atom stereocenters. The lowest BCUT2D eigenvalue weighted by Gasteiger charge is -2.31. The fourth-order valence-corrected chi connectivity index (χ4v) is 3.08. The fraction of sp³-hybridized carbons (Fsp3) is 1.00. The Morgan fingerprint density at radius 1 is 1.33 bits per heavy atom. The molecule has 1 atom stereocenters. The highest BCUT2D eigenvalue weighted by Crippen LogP contribution is 2.09. The summed E-state index contributed by atoms with van der Waals surface area (Å²) in [5.41, 5.74) is 0. The van der Waals surface area contributed by atoms with Crippen LogP contribution in [0.2, 0.25) is 0 Å². The summed E-state index contributed by atoms with van der Waals surface area (Å²) >= 11 is 1.73. The molecule has 2 N–H and O–H groups in total. The molecule has 0 spiro atoms. The van der Waals surface area contributed by atoms with Crippen LogP contribution < -0.4 is 0 Å². The van der Waals surface area contributed by atoms with Gasteiger partial charge in [0.2, 0.25) is 0 Å². The summed E-state index contributed by atoms with van der Waals surface area (Å²) in [6.45, 7) is 3.33. The Hall–Kier alpha value is 0.180. The number of thioether (sulfide) groups is 1. The van der Waals surface area contributed by atoms with E-state index in [4.69, 9.17) is 4.55 Å². The summed E-state index contributed by atoms with van der Waals surface area (Å²) in [5.74, 6) is 1.55. The molecule has 0 aliphatic rings. The number of aliphatic hydroxyl groups is 1. The summed E-state index contributed by atoms with van der Waals surface area (Å²) in [7, 11) is 0.0429. The molecule has 0 bridgehead atoms. The van der Waals surface area contributed by atoms with Crippen LogP contribution in [0.15, 0.2) is 0 Å². The zero-order valence-corrected chi connectivity index (χ0v) is 13.1. The zero-order valence-electron chi connectivity index (χ0n) is 11.5. The van der Waals surface area contributed by atoms with E-state index in [0.29, 0.717) is 29.7 Å². The molecule has 0 rings (SSSR count). The maximum atomic E-state index is 10.6. The Morgan fingerprint density at radius 3 is 2.44 bits per heavy atom. The third-order valence-corrected chi connectivity index (χ3v) is 4.65. The van der Waals surface area contributed by atoms with Crippen LogP contribution in [0.4, 0.5) is 0 Å². The molecule has 110 valence electrons. The average Bonchev–Trinajstić information content (AvgIpc) is 2.14. The molecule has 0 fully saturated rings. The van der Waals surface area contributed by atoms with E-state index in [2.05, 4.69) is 6.92 Å². The second-order valence-electron chi connectivity index (χ2n) is 5.21. The molecule has 18 heavy (non-hydrogen) atoms. The van der Waals surface area contributed by atoms with Gasteiger partial charge in [0.05, 0.1) is 26.4 Å². The minimum absolute atomic E-state index is 0.213. The maximum absolute atomic E-state index is 10.6. The van der Waals surface area contributed by atoms with Gasteiger partial charge in [0.1, 0.15) is 12.6 Å². The van der Waals surface area contributed by atoms with E-state index in [0.717, 1.165) is 12.2 Å². The van der Waals surface area contributed by atoms with Gasteiger partial charge in [-0.15, -0.1) is 0 Å². The molecule has 7 heteroatoms. The van der Waals surface area contributed by atoms with Gasteiger partial charge in [-0.2, -0.15) is 20.2 Å². The van der Waals surface area contributed by atoms with Gasteiger partial charge in [0, 0.05) is 12.2 Å². The second kappa shape index (κ2) is 8.37. The molecule has 0 amide bonds. The van der Waals surface area contributed by atoms with E-state index >= 15 is 0 Å². The quantitative estimate of drug-likeness (QED) is 0.355. The fourth-order valence-electron chi connectivity index (χ4n) is 1.75. The zero-order chi connectivity index (χ0) is 14.2. The lowest BCUT2D eigenvalue weighted by Crippen LogP contribution is -2.47. The smallest absolute Gasteiger partial charge is 0.265 e. The molecule has 0 aromatic rings. The van der Waals surface area contributed by atoms with E-state index in [1.807, 2.05) is 14.1 Å². The van der Waals surface area contributed by atoms with Crippen molar-refractivity contribution in [3.63, 3.8) is 0 Å². The molecular formula is C11H26NO4S2+. The highest BCUT2D eigenvalue weighted by molar-refractivity contribution is 7.99. The summed E-state index contributed by atoms with van der Waals surface area (Å²) in [4.78, 5) is 0. The van der Waals surface area contributed by atoms with Crippen LogP contribution in [0.1, 0.15) is 19.8 Å². The van der Waals surface area contributed by atoms with Crippen molar-refractivity contribution in [3.8, 4) is 0 Å². The number of likely N-dealkylation sites (N-methyl/N-ethyl adjacent to an activating group) is 1. The van der Waals surface area contributed by atoms with Crippen LogP contribution in [-0.2, 0) is 10.1 Å². The van der Waals surface area contributed by atoms with Crippen LogP contribution in [0.5, 0.6) is 0 Å². The number of aliphatic hydroxyl groups excluding tert-OH is 1. The monoisotopic (exact) mass is 300 g/mol. The lowest BCUT2D eigenvalue weighted by molar-refractivity contribution is -0.893. The second-order valence-corrected chi connectivity index (χ2v) is 7.93. The van der Waals surface area contributed by atoms with E-state index in [9.17, 15) is 13.5 Å². The van der Waals surface area contributed by atoms with Gasteiger partial charge in [-0.05, 0) is 12.2 Å². The molecule has 0 aromatic carbocycles.